The molecular weight excluding hydrogens is 202 g/mol. The van der Waals surface area contributed by atoms with Crippen LogP contribution in [0.1, 0.15) is 13.3 Å². The van der Waals surface area contributed by atoms with Crippen LogP contribution in [0, 0.1) is 0 Å². The van der Waals surface area contributed by atoms with Crippen LogP contribution >= 0.6 is 0 Å². The Balaban J connectivity index is 3.54. The molecule has 0 bridgehead atoms. The van der Waals surface area contributed by atoms with E-state index in [0.717, 1.165) is 0 Å². The molecule has 15 heavy (non-hydrogen) atoms. The maximum atomic E-state index is 10.8. The minimum Gasteiger partial charge on any atom is -0.449 e. The molecule has 0 rings (SSSR count). The number of aliphatic imine (C=N–C) groups is 2. The van der Waals surface area contributed by atoms with Crippen LogP contribution in [0.3, 0.4) is 0 Å². The van der Waals surface area contributed by atoms with E-state index >= 15 is 0 Å². The van der Waals surface area contributed by atoms with Crippen LogP contribution < -0.4 is 5.32 Å². The number of isocyanates is 2. The number of hydrogen-bond acceptors (Lipinski definition) is 6. The van der Waals surface area contributed by atoms with E-state index in [1.54, 1.807) is 6.92 Å². The summed E-state index contributed by atoms with van der Waals surface area (Å²) in [5.74, 6) is 0. The van der Waals surface area contributed by atoms with Gasteiger partial charge >= 0.3 is 6.09 Å². The second kappa shape index (κ2) is 8.62. The zero-order valence-corrected chi connectivity index (χ0v) is 8.23. The van der Waals surface area contributed by atoms with Gasteiger partial charge in [-0.3, -0.25) is 0 Å². The highest BCUT2D eigenvalue weighted by molar-refractivity contribution is 5.67. The van der Waals surface area contributed by atoms with Crippen molar-refractivity contribution in [3.8, 4) is 0 Å². The fraction of sp³-hybridized carbons (Fsp3) is 0.625. The zero-order valence-electron chi connectivity index (χ0n) is 8.23. The number of carbonyl (C=O) groups excluding carboxylic acids is 3. The summed E-state index contributed by atoms with van der Waals surface area (Å²) in [6.07, 6.45) is 2.42. The minimum absolute atomic E-state index is 0.128. The molecule has 0 aliphatic rings. The summed E-state index contributed by atoms with van der Waals surface area (Å²) in [7, 11) is 0. The fourth-order valence-corrected chi connectivity index (χ4v) is 0.664. The van der Waals surface area contributed by atoms with Gasteiger partial charge in [0.1, 0.15) is 6.67 Å². The van der Waals surface area contributed by atoms with Crippen LogP contribution in [0.25, 0.3) is 0 Å². The van der Waals surface area contributed by atoms with Gasteiger partial charge in [0, 0.05) is 6.42 Å². The van der Waals surface area contributed by atoms with Crippen LogP contribution in [0.2, 0.25) is 0 Å². The molecule has 0 aromatic rings. The van der Waals surface area contributed by atoms with Crippen molar-refractivity contribution in [3.63, 3.8) is 0 Å². The predicted molar refractivity (Wildman–Crippen MR) is 49.7 cm³/mol. The minimum atomic E-state index is -0.684. The molecule has 0 saturated heterocycles. The number of carbonyl (C=O) groups is 1. The van der Waals surface area contributed by atoms with Crippen molar-refractivity contribution in [3.05, 3.63) is 0 Å². The first-order valence-electron chi connectivity index (χ1n) is 4.22. The first kappa shape index (κ1) is 13.0. The van der Waals surface area contributed by atoms with E-state index in [2.05, 4.69) is 20.0 Å². The lowest BCUT2D eigenvalue weighted by Gasteiger charge is -2.05. The molecule has 0 aromatic carbocycles. The molecule has 0 aliphatic heterocycles. The molecule has 1 amide bonds. The van der Waals surface area contributed by atoms with Gasteiger partial charge in [-0.1, -0.05) is 0 Å². The number of hydrogen-bond donors (Lipinski definition) is 1. The molecule has 0 aromatic heterocycles. The molecule has 7 nitrogen and oxygen atoms in total. The van der Waals surface area contributed by atoms with Crippen molar-refractivity contribution >= 4 is 18.3 Å². The molecule has 1 atom stereocenters. The highest BCUT2D eigenvalue weighted by atomic mass is 16.5. The Morgan fingerprint density at radius 3 is 2.80 bits per heavy atom. The average Bonchev–Trinajstić information content (AvgIpc) is 2.18. The highest BCUT2D eigenvalue weighted by Crippen LogP contribution is 1.95. The van der Waals surface area contributed by atoms with E-state index < -0.39 is 6.09 Å². The quantitative estimate of drug-likeness (QED) is 0.500. The van der Waals surface area contributed by atoms with E-state index in [9.17, 15) is 14.4 Å². The fourth-order valence-electron chi connectivity index (χ4n) is 0.664. The smallest absolute Gasteiger partial charge is 0.408 e. The van der Waals surface area contributed by atoms with E-state index in [4.69, 9.17) is 0 Å². The molecule has 7 heteroatoms. The third-order valence-corrected chi connectivity index (χ3v) is 1.41. The summed E-state index contributed by atoms with van der Waals surface area (Å²) >= 11 is 0. The van der Waals surface area contributed by atoms with Gasteiger partial charge in [0.2, 0.25) is 12.2 Å². The van der Waals surface area contributed by atoms with Crippen LogP contribution in [0.15, 0.2) is 9.98 Å². The number of nitrogens with zero attached hydrogens (tertiary/aromatic N) is 2. The van der Waals surface area contributed by atoms with Crippen molar-refractivity contribution in [2.24, 2.45) is 9.98 Å². The summed E-state index contributed by atoms with van der Waals surface area (Å²) < 4.78 is 4.68. The second-order valence-corrected chi connectivity index (χ2v) is 2.58. The van der Waals surface area contributed by atoms with Crippen molar-refractivity contribution < 1.29 is 19.1 Å². The van der Waals surface area contributed by atoms with Crippen molar-refractivity contribution in [1.29, 1.82) is 0 Å². The van der Waals surface area contributed by atoms with E-state index in [-0.39, 0.29) is 19.3 Å². The number of nitrogens with one attached hydrogen (secondary N) is 1. The Labute approximate surface area is 86.2 Å². The molecule has 0 radical (unpaired) electrons. The number of alkyl carbamates (subject to hydrolysis) is 1. The largest absolute Gasteiger partial charge is 0.449 e. The molecular formula is C8H11N3O4. The summed E-state index contributed by atoms with van der Waals surface area (Å²) in [4.78, 5) is 36.8. The Morgan fingerprint density at radius 1 is 1.47 bits per heavy atom. The summed E-state index contributed by atoms with van der Waals surface area (Å²) in [6, 6.07) is -0.233. The van der Waals surface area contributed by atoms with Crippen molar-refractivity contribution in [2.75, 3.05) is 13.3 Å². The normalized spacial score (nSPS) is 10.5. The standard InChI is InChI=1S/C8H11N3O4/c1-7(11-6-13)2-3-15-8(14)10-4-9-5-12/h7H,2-4H2,1H3,(H,10,14). The topological polar surface area (TPSA) is 97.2 Å². The first-order chi connectivity index (χ1) is 7.20. The third kappa shape index (κ3) is 8.36. The maximum Gasteiger partial charge on any atom is 0.408 e. The van der Waals surface area contributed by atoms with Gasteiger partial charge in [-0.25, -0.2) is 19.4 Å². The van der Waals surface area contributed by atoms with Gasteiger partial charge < -0.3 is 10.1 Å². The van der Waals surface area contributed by atoms with Gasteiger partial charge in [0.15, 0.2) is 0 Å². The Morgan fingerprint density at radius 2 is 2.20 bits per heavy atom. The summed E-state index contributed by atoms with van der Waals surface area (Å²) in [5, 5.41) is 2.19. The average molecular weight is 213 g/mol. The Kier molecular flexibility index (Phi) is 7.49. The second-order valence-electron chi connectivity index (χ2n) is 2.58. The van der Waals surface area contributed by atoms with Gasteiger partial charge in [-0.2, -0.15) is 4.99 Å². The lowest BCUT2D eigenvalue weighted by Crippen LogP contribution is -2.25. The SMILES string of the molecule is CC(CCOC(=O)NCN=C=O)N=C=O. The molecule has 82 valence electrons. The van der Waals surface area contributed by atoms with Crippen LogP contribution in [-0.4, -0.2) is 37.6 Å². The number of ether oxygens (including phenoxy) is 1. The molecule has 0 spiro atoms. The highest BCUT2D eigenvalue weighted by Gasteiger charge is 2.03. The molecule has 0 aliphatic carbocycles. The Bertz CT molecular complexity index is 292. The lowest BCUT2D eigenvalue weighted by molar-refractivity contribution is 0.143. The zero-order chi connectivity index (χ0) is 11.5. The monoisotopic (exact) mass is 213 g/mol. The first-order valence-corrected chi connectivity index (χ1v) is 4.22. The van der Waals surface area contributed by atoms with Crippen molar-refractivity contribution in [1.82, 2.24) is 5.32 Å². The number of rotatable bonds is 6. The molecule has 0 fully saturated rings. The number of amides is 1. The van der Waals surface area contributed by atoms with Gasteiger partial charge in [0.25, 0.3) is 0 Å². The molecule has 1 N–H and O–H groups in total. The third-order valence-electron chi connectivity index (χ3n) is 1.41. The lowest BCUT2D eigenvalue weighted by atomic mass is 10.3. The molecule has 0 saturated carbocycles. The van der Waals surface area contributed by atoms with Gasteiger partial charge in [0.05, 0.1) is 12.6 Å². The van der Waals surface area contributed by atoms with Gasteiger partial charge in [-0.15, -0.1) is 0 Å². The van der Waals surface area contributed by atoms with Gasteiger partial charge in [-0.05, 0) is 6.92 Å². The van der Waals surface area contributed by atoms with E-state index in [1.165, 1.54) is 12.2 Å². The van der Waals surface area contributed by atoms with E-state index in [1.807, 2.05) is 0 Å². The molecule has 1 unspecified atom stereocenters. The summed E-state index contributed by atoms with van der Waals surface area (Å²) in [5.41, 5.74) is 0. The summed E-state index contributed by atoms with van der Waals surface area (Å²) in [6.45, 7) is 1.66. The van der Waals surface area contributed by atoms with Crippen molar-refractivity contribution in [2.45, 2.75) is 19.4 Å². The Hall–Kier alpha value is -1.97. The maximum absolute atomic E-state index is 10.8. The van der Waals surface area contributed by atoms with Crippen LogP contribution in [0.4, 0.5) is 4.79 Å². The molecule has 0 heterocycles. The predicted octanol–water partition coefficient (Wildman–Crippen LogP) is 0.120. The van der Waals surface area contributed by atoms with Crippen LogP contribution in [0.5, 0.6) is 0 Å². The van der Waals surface area contributed by atoms with E-state index in [0.29, 0.717) is 6.42 Å². The van der Waals surface area contributed by atoms with Crippen LogP contribution in [-0.2, 0) is 14.3 Å².